The zero-order valence-electron chi connectivity index (χ0n) is 15.1. The van der Waals surface area contributed by atoms with E-state index in [4.69, 9.17) is 4.74 Å². The second-order valence-electron chi connectivity index (χ2n) is 7.69. The Hall–Kier alpha value is -1.95. The van der Waals surface area contributed by atoms with Crippen molar-refractivity contribution >= 4 is 11.8 Å². The Labute approximate surface area is 154 Å². The summed E-state index contributed by atoms with van der Waals surface area (Å²) in [4.78, 5) is 31.6. The molecule has 6 nitrogen and oxygen atoms in total. The molecule has 0 unspecified atom stereocenters. The van der Waals surface area contributed by atoms with Crippen LogP contribution in [0.1, 0.15) is 63.0 Å². The Morgan fingerprint density at radius 3 is 2.58 bits per heavy atom. The summed E-state index contributed by atoms with van der Waals surface area (Å²) in [5.41, 5.74) is 0.869. The zero-order chi connectivity index (χ0) is 17.9. The fourth-order valence-corrected chi connectivity index (χ4v) is 4.22. The molecule has 1 aliphatic heterocycles. The Balaban J connectivity index is 1.55. The minimum Gasteiger partial charge on any atom is -0.356 e. The number of pyridine rings is 1. The summed E-state index contributed by atoms with van der Waals surface area (Å²) in [6, 6.07) is 3.84. The van der Waals surface area contributed by atoms with Gasteiger partial charge in [-0.3, -0.25) is 14.6 Å². The summed E-state index contributed by atoms with van der Waals surface area (Å²) < 4.78 is 5.77. The summed E-state index contributed by atoms with van der Waals surface area (Å²) in [6.45, 7) is -0.0178. The maximum Gasteiger partial charge on any atom is 0.251 e. The van der Waals surface area contributed by atoms with Crippen molar-refractivity contribution in [3.8, 4) is 0 Å². The van der Waals surface area contributed by atoms with Gasteiger partial charge in [0.2, 0.25) is 5.91 Å². The number of rotatable bonds is 4. The molecule has 0 bridgehead atoms. The van der Waals surface area contributed by atoms with E-state index in [1.807, 2.05) is 17.0 Å². The summed E-state index contributed by atoms with van der Waals surface area (Å²) in [5.74, 6) is -0.122. The van der Waals surface area contributed by atoms with Crippen LogP contribution in [0.25, 0.3) is 0 Å². The number of carbonyl (C=O) groups excluding carboxylic acids is 2. The van der Waals surface area contributed by atoms with Crippen LogP contribution in [0.3, 0.4) is 0 Å². The van der Waals surface area contributed by atoms with E-state index in [1.165, 1.54) is 12.8 Å². The Kier molecular flexibility index (Phi) is 5.20. The van der Waals surface area contributed by atoms with Gasteiger partial charge in [0.15, 0.2) is 6.10 Å². The second-order valence-corrected chi connectivity index (χ2v) is 7.69. The van der Waals surface area contributed by atoms with Gasteiger partial charge in [0.05, 0.1) is 6.04 Å². The van der Waals surface area contributed by atoms with Crippen LogP contribution in [-0.4, -0.2) is 46.5 Å². The highest BCUT2D eigenvalue weighted by Crippen LogP contribution is 2.39. The van der Waals surface area contributed by atoms with Crippen molar-refractivity contribution in [3.05, 3.63) is 30.1 Å². The standard InChI is InChI=1S/C20H27N3O3/c24-17-13-26-19(20(25)22-15-7-3-1-2-4-8-15)18(23(17)16-9-10-16)14-6-5-11-21-12-14/h5-6,11-12,15-16,18-19H,1-4,7-10,13H2,(H,22,25)/t18-,19+/m1/s1. The number of nitrogens with one attached hydrogen (secondary N) is 1. The zero-order valence-corrected chi connectivity index (χ0v) is 15.1. The number of morpholine rings is 1. The lowest BCUT2D eigenvalue weighted by atomic mass is 9.97. The molecule has 3 aliphatic rings. The van der Waals surface area contributed by atoms with Crippen molar-refractivity contribution in [2.45, 2.75) is 75.6 Å². The largest absolute Gasteiger partial charge is 0.356 e. The number of hydrogen-bond donors (Lipinski definition) is 1. The SMILES string of the molecule is O=C(NC1CCCCCC1)[C@H]1OCC(=O)N(C2CC2)[C@@H]1c1cccnc1. The van der Waals surface area contributed by atoms with E-state index >= 15 is 0 Å². The van der Waals surface area contributed by atoms with Gasteiger partial charge in [0, 0.05) is 24.5 Å². The molecular formula is C20H27N3O3. The average Bonchev–Trinajstić information content (AvgIpc) is 3.50. The number of hydrogen-bond acceptors (Lipinski definition) is 4. The molecule has 4 rings (SSSR count). The molecule has 140 valence electrons. The summed E-state index contributed by atoms with van der Waals surface area (Å²) in [6.07, 6.45) is 11.7. The summed E-state index contributed by atoms with van der Waals surface area (Å²) in [5, 5.41) is 3.20. The third kappa shape index (κ3) is 3.75. The van der Waals surface area contributed by atoms with Gasteiger partial charge in [-0.05, 0) is 37.3 Å². The molecule has 2 saturated carbocycles. The van der Waals surface area contributed by atoms with Gasteiger partial charge in [-0.1, -0.05) is 31.7 Å². The summed E-state index contributed by atoms with van der Waals surface area (Å²) in [7, 11) is 0. The van der Waals surface area contributed by atoms with E-state index in [9.17, 15) is 9.59 Å². The number of aromatic nitrogens is 1. The molecule has 6 heteroatoms. The van der Waals surface area contributed by atoms with Crippen molar-refractivity contribution in [2.75, 3.05) is 6.61 Å². The van der Waals surface area contributed by atoms with Crippen LogP contribution in [0.5, 0.6) is 0 Å². The highest BCUT2D eigenvalue weighted by Gasteiger charge is 2.47. The van der Waals surface area contributed by atoms with Gasteiger partial charge in [-0.25, -0.2) is 0 Å². The van der Waals surface area contributed by atoms with E-state index < -0.39 is 6.10 Å². The number of carbonyl (C=O) groups is 2. The first-order valence-electron chi connectivity index (χ1n) is 9.87. The lowest BCUT2D eigenvalue weighted by Crippen LogP contribution is -2.56. The number of ether oxygens (including phenoxy) is 1. The molecule has 2 amide bonds. The van der Waals surface area contributed by atoms with Crippen molar-refractivity contribution in [2.24, 2.45) is 0 Å². The molecule has 2 atom stereocenters. The van der Waals surface area contributed by atoms with Crippen LogP contribution in [0.2, 0.25) is 0 Å². The molecule has 0 radical (unpaired) electrons. The van der Waals surface area contributed by atoms with E-state index in [1.54, 1.807) is 12.4 Å². The van der Waals surface area contributed by atoms with E-state index in [0.717, 1.165) is 44.1 Å². The second kappa shape index (κ2) is 7.74. The van der Waals surface area contributed by atoms with E-state index in [0.29, 0.717) is 0 Å². The number of amides is 2. The van der Waals surface area contributed by atoms with Gasteiger partial charge in [-0.2, -0.15) is 0 Å². The topological polar surface area (TPSA) is 71.5 Å². The van der Waals surface area contributed by atoms with E-state index in [2.05, 4.69) is 10.3 Å². The van der Waals surface area contributed by atoms with Crippen LogP contribution < -0.4 is 5.32 Å². The van der Waals surface area contributed by atoms with Crippen molar-refractivity contribution in [1.82, 2.24) is 15.2 Å². The first-order valence-corrected chi connectivity index (χ1v) is 9.87. The monoisotopic (exact) mass is 357 g/mol. The molecule has 2 aliphatic carbocycles. The summed E-state index contributed by atoms with van der Waals surface area (Å²) >= 11 is 0. The predicted molar refractivity (Wildman–Crippen MR) is 96.2 cm³/mol. The predicted octanol–water partition coefficient (Wildman–Crippen LogP) is 2.35. The van der Waals surface area contributed by atoms with Crippen molar-refractivity contribution < 1.29 is 14.3 Å². The third-order valence-corrected chi connectivity index (χ3v) is 5.69. The maximum absolute atomic E-state index is 13.1. The lowest BCUT2D eigenvalue weighted by Gasteiger charge is -2.41. The van der Waals surface area contributed by atoms with Crippen LogP contribution in [0, 0.1) is 0 Å². The quantitative estimate of drug-likeness (QED) is 0.840. The van der Waals surface area contributed by atoms with Crippen LogP contribution in [0.4, 0.5) is 0 Å². The normalized spacial score (nSPS) is 27.8. The lowest BCUT2D eigenvalue weighted by molar-refractivity contribution is -0.165. The molecule has 1 N–H and O–H groups in total. The fraction of sp³-hybridized carbons (Fsp3) is 0.650. The smallest absolute Gasteiger partial charge is 0.251 e. The van der Waals surface area contributed by atoms with Gasteiger partial charge in [-0.15, -0.1) is 0 Å². The van der Waals surface area contributed by atoms with Crippen molar-refractivity contribution in [3.63, 3.8) is 0 Å². The third-order valence-electron chi connectivity index (χ3n) is 5.69. The Morgan fingerprint density at radius 2 is 1.92 bits per heavy atom. The molecule has 2 heterocycles. The van der Waals surface area contributed by atoms with Gasteiger partial charge in [0.1, 0.15) is 6.61 Å². The fourth-order valence-electron chi connectivity index (χ4n) is 4.22. The van der Waals surface area contributed by atoms with Gasteiger partial charge in [0.25, 0.3) is 5.91 Å². The van der Waals surface area contributed by atoms with Crippen LogP contribution >= 0.6 is 0 Å². The molecule has 0 spiro atoms. The highest BCUT2D eigenvalue weighted by atomic mass is 16.5. The molecule has 1 aromatic rings. The van der Waals surface area contributed by atoms with Crippen molar-refractivity contribution in [1.29, 1.82) is 0 Å². The Morgan fingerprint density at radius 1 is 1.15 bits per heavy atom. The minimum absolute atomic E-state index is 0.0178. The minimum atomic E-state index is -0.666. The average molecular weight is 357 g/mol. The molecule has 3 fully saturated rings. The van der Waals surface area contributed by atoms with Gasteiger partial charge >= 0.3 is 0 Å². The molecule has 26 heavy (non-hydrogen) atoms. The van der Waals surface area contributed by atoms with Gasteiger partial charge < -0.3 is 15.0 Å². The Bertz CT molecular complexity index is 639. The van der Waals surface area contributed by atoms with Crippen LogP contribution in [0.15, 0.2) is 24.5 Å². The highest BCUT2D eigenvalue weighted by molar-refractivity contribution is 5.87. The first kappa shape index (κ1) is 17.5. The molecule has 1 aromatic heterocycles. The van der Waals surface area contributed by atoms with E-state index in [-0.39, 0.29) is 36.5 Å². The first-order chi connectivity index (χ1) is 12.7. The molecular weight excluding hydrogens is 330 g/mol. The van der Waals surface area contributed by atoms with Crippen LogP contribution in [-0.2, 0) is 14.3 Å². The molecule has 0 aromatic carbocycles. The maximum atomic E-state index is 13.1. The molecule has 1 saturated heterocycles. The number of nitrogens with zero attached hydrogens (tertiary/aromatic N) is 2.